The molecule has 1 aliphatic rings. The van der Waals surface area contributed by atoms with Gasteiger partial charge in [0.1, 0.15) is 0 Å². The number of amides is 1. The Morgan fingerprint density at radius 1 is 1.15 bits per heavy atom. The third kappa shape index (κ3) is 4.56. The minimum Gasteiger partial charge on any atom is -0.279 e. The number of carbonyl (C=O) groups excluding carboxylic acids is 1. The van der Waals surface area contributed by atoms with Crippen LogP contribution in [0.15, 0.2) is 71.9 Å². The van der Waals surface area contributed by atoms with Gasteiger partial charge in [0.15, 0.2) is 5.13 Å². The Bertz CT molecular complexity index is 1450. The molecule has 174 valence electrons. The van der Waals surface area contributed by atoms with Crippen molar-refractivity contribution in [2.24, 2.45) is 0 Å². The molecule has 5 rings (SSSR count). The number of nitrogens with zero attached hydrogens (tertiary/aromatic N) is 4. The van der Waals surface area contributed by atoms with Crippen molar-refractivity contribution in [3.05, 3.63) is 83.1 Å². The number of hydrogen-bond donors (Lipinski definition) is 0. The quantitative estimate of drug-likeness (QED) is 0.349. The van der Waals surface area contributed by atoms with E-state index in [2.05, 4.69) is 9.97 Å². The maximum Gasteiger partial charge on any atom is 0.260 e. The molecule has 0 N–H and O–H groups in total. The lowest BCUT2D eigenvalue weighted by Gasteiger charge is -2.20. The summed E-state index contributed by atoms with van der Waals surface area (Å²) in [5, 5.41) is 1.12. The van der Waals surface area contributed by atoms with Gasteiger partial charge < -0.3 is 0 Å². The largest absolute Gasteiger partial charge is 0.279 e. The zero-order chi connectivity index (χ0) is 23.9. The van der Waals surface area contributed by atoms with Gasteiger partial charge in [0, 0.05) is 36.1 Å². The number of carbonyl (C=O) groups is 1. The van der Waals surface area contributed by atoms with Crippen molar-refractivity contribution < 1.29 is 13.2 Å². The summed E-state index contributed by atoms with van der Waals surface area (Å²) in [6.07, 6.45) is 5.13. The van der Waals surface area contributed by atoms with Gasteiger partial charge in [0.25, 0.3) is 5.91 Å². The van der Waals surface area contributed by atoms with Gasteiger partial charge in [0.2, 0.25) is 10.0 Å². The maximum absolute atomic E-state index is 13.6. The van der Waals surface area contributed by atoms with Gasteiger partial charge >= 0.3 is 0 Å². The number of benzene rings is 2. The Balaban J connectivity index is 1.48. The normalized spacial score (nSPS) is 14.0. The summed E-state index contributed by atoms with van der Waals surface area (Å²) in [4.78, 5) is 24.1. The lowest BCUT2D eigenvalue weighted by Crippen LogP contribution is -2.31. The second kappa shape index (κ2) is 9.07. The molecule has 0 aliphatic heterocycles. The molecule has 1 aliphatic carbocycles. The van der Waals surface area contributed by atoms with Crippen molar-refractivity contribution in [3.63, 3.8) is 0 Å². The second-order valence-electron chi connectivity index (χ2n) is 8.14. The van der Waals surface area contributed by atoms with Crippen LogP contribution >= 0.6 is 22.9 Å². The molecule has 0 unspecified atom stereocenters. The van der Waals surface area contributed by atoms with Crippen molar-refractivity contribution in [1.29, 1.82) is 0 Å². The molecule has 10 heteroatoms. The highest BCUT2D eigenvalue weighted by Gasteiger charge is 2.35. The molecule has 0 spiro atoms. The van der Waals surface area contributed by atoms with Gasteiger partial charge in [-0.25, -0.2) is 13.4 Å². The first-order valence-electron chi connectivity index (χ1n) is 10.7. The number of thiazole rings is 1. The average molecular weight is 513 g/mol. The van der Waals surface area contributed by atoms with Crippen LogP contribution in [-0.4, -0.2) is 41.7 Å². The van der Waals surface area contributed by atoms with Gasteiger partial charge in [-0.15, -0.1) is 0 Å². The van der Waals surface area contributed by atoms with Crippen molar-refractivity contribution >= 4 is 54.2 Å². The van der Waals surface area contributed by atoms with Gasteiger partial charge in [-0.3, -0.25) is 14.7 Å². The summed E-state index contributed by atoms with van der Waals surface area (Å²) in [7, 11) is -1.98. The summed E-state index contributed by atoms with van der Waals surface area (Å²) in [5.41, 5.74) is 1.96. The number of sulfonamides is 1. The summed E-state index contributed by atoms with van der Waals surface area (Å²) in [6, 6.07) is 15.2. The lowest BCUT2D eigenvalue weighted by atomic mass is 10.2. The number of pyridine rings is 1. The molecule has 7 nitrogen and oxygen atoms in total. The minimum absolute atomic E-state index is 0.0637. The van der Waals surface area contributed by atoms with Crippen LogP contribution in [0.1, 0.15) is 28.8 Å². The molecule has 0 radical (unpaired) electrons. The van der Waals surface area contributed by atoms with E-state index in [0.717, 1.165) is 28.6 Å². The van der Waals surface area contributed by atoms with Gasteiger partial charge in [0.05, 0.1) is 21.7 Å². The highest BCUT2D eigenvalue weighted by molar-refractivity contribution is 7.89. The van der Waals surface area contributed by atoms with Crippen molar-refractivity contribution in [2.45, 2.75) is 30.3 Å². The fourth-order valence-electron chi connectivity index (χ4n) is 3.63. The second-order valence-corrected chi connectivity index (χ2v) is 11.6. The van der Waals surface area contributed by atoms with Crippen LogP contribution in [-0.2, 0) is 16.6 Å². The summed E-state index contributed by atoms with van der Waals surface area (Å²) >= 11 is 7.50. The Morgan fingerprint density at radius 2 is 1.91 bits per heavy atom. The smallest absolute Gasteiger partial charge is 0.260 e. The van der Waals surface area contributed by atoms with E-state index >= 15 is 0 Å². The van der Waals surface area contributed by atoms with Crippen molar-refractivity contribution in [2.75, 3.05) is 11.9 Å². The van der Waals surface area contributed by atoms with E-state index in [0.29, 0.717) is 15.7 Å². The average Bonchev–Trinajstić information content (AvgIpc) is 3.61. The van der Waals surface area contributed by atoms with Gasteiger partial charge in [-0.2, -0.15) is 4.31 Å². The molecule has 0 bridgehead atoms. The molecule has 2 aromatic carbocycles. The molecular weight excluding hydrogens is 492 g/mol. The van der Waals surface area contributed by atoms with Crippen LogP contribution in [0, 0.1) is 0 Å². The lowest BCUT2D eigenvalue weighted by molar-refractivity contribution is 0.0985. The Labute approximate surface area is 206 Å². The number of anilines is 1. The van der Waals surface area contributed by atoms with E-state index in [1.165, 1.54) is 27.8 Å². The first-order valence-corrected chi connectivity index (χ1v) is 13.3. The first kappa shape index (κ1) is 22.9. The van der Waals surface area contributed by atoms with E-state index < -0.39 is 10.0 Å². The SMILES string of the molecule is CN(C1CC1)S(=O)(=O)c1ccc(C(=O)N(Cc2cccnc2)c2nc3ccc(Cl)cc3s2)cc1. The van der Waals surface area contributed by atoms with E-state index in [4.69, 9.17) is 11.6 Å². The first-order chi connectivity index (χ1) is 16.3. The molecule has 1 amide bonds. The van der Waals surface area contributed by atoms with Gasteiger partial charge in [-0.1, -0.05) is 29.0 Å². The fraction of sp³-hybridized carbons (Fsp3) is 0.208. The standard InChI is InChI=1S/C24H21ClN4O3S2/c1-28(19-7-8-19)34(31,32)20-9-4-17(5-10-20)23(30)29(15-16-3-2-12-26-14-16)24-27-21-11-6-18(25)13-22(21)33-24/h2-6,9-14,19H,7-8,15H2,1H3. The van der Waals surface area contributed by atoms with Crippen molar-refractivity contribution in [3.8, 4) is 0 Å². The highest BCUT2D eigenvalue weighted by Crippen LogP contribution is 2.33. The maximum atomic E-state index is 13.6. The summed E-state index contributed by atoms with van der Waals surface area (Å²) in [6.45, 7) is 0.269. The molecule has 2 aromatic heterocycles. The fourth-order valence-corrected chi connectivity index (χ4v) is 6.28. The Hall–Kier alpha value is -2.85. The van der Waals surface area contributed by atoms with Gasteiger partial charge in [-0.05, 0) is 66.9 Å². The molecule has 34 heavy (non-hydrogen) atoms. The predicted molar refractivity (Wildman–Crippen MR) is 134 cm³/mol. The zero-order valence-electron chi connectivity index (χ0n) is 18.3. The minimum atomic E-state index is -3.58. The van der Waals surface area contributed by atoms with Crippen LogP contribution in [0.3, 0.4) is 0 Å². The molecule has 1 saturated carbocycles. The molecule has 2 heterocycles. The van der Waals surface area contributed by atoms with Crippen LogP contribution < -0.4 is 4.90 Å². The predicted octanol–water partition coefficient (Wildman–Crippen LogP) is 4.97. The molecular formula is C24H21ClN4O3S2. The molecule has 0 atom stereocenters. The molecule has 4 aromatic rings. The third-order valence-electron chi connectivity index (χ3n) is 5.72. The molecule has 0 saturated heterocycles. The van der Waals surface area contributed by atoms with E-state index in [9.17, 15) is 13.2 Å². The number of hydrogen-bond acceptors (Lipinski definition) is 6. The highest BCUT2D eigenvalue weighted by atomic mass is 35.5. The van der Waals surface area contributed by atoms with E-state index in [1.807, 2.05) is 24.3 Å². The summed E-state index contributed by atoms with van der Waals surface area (Å²) < 4.78 is 27.9. The number of fused-ring (bicyclic) bond motifs is 1. The van der Waals surface area contributed by atoms with Crippen LogP contribution in [0.25, 0.3) is 10.2 Å². The van der Waals surface area contributed by atoms with Crippen LogP contribution in [0.4, 0.5) is 5.13 Å². The van der Waals surface area contributed by atoms with E-state index in [-0.39, 0.29) is 23.4 Å². The van der Waals surface area contributed by atoms with E-state index in [1.54, 1.807) is 42.5 Å². The number of halogens is 1. The van der Waals surface area contributed by atoms with Crippen LogP contribution in [0.2, 0.25) is 5.02 Å². The zero-order valence-corrected chi connectivity index (χ0v) is 20.6. The Morgan fingerprint density at radius 3 is 2.59 bits per heavy atom. The number of aromatic nitrogens is 2. The summed E-state index contributed by atoms with van der Waals surface area (Å²) in [5.74, 6) is -0.284. The molecule has 1 fully saturated rings. The Kier molecular flexibility index (Phi) is 6.11. The topological polar surface area (TPSA) is 83.5 Å². The van der Waals surface area contributed by atoms with Crippen molar-refractivity contribution in [1.82, 2.24) is 14.3 Å². The number of rotatable bonds is 7. The third-order valence-corrected chi connectivity index (χ3v) is 8.92. The van der Waals surface area contributed by atoms with Crippen LogP contribution in [0.5, 0.6) is 0 Å². The monoisotopic (exact) mass is 512 g/mol.